The van der Waals surface area contributed by atoms with Gasteiger partial charge in [-0.15, -0.1) is 0 Å². The third-order valence-corrected chi connectivity index (χ3v) is 2.51. The summed E-state index contributed by atoms with van der Waals surface area (Å²) in [5, 5.41) is 3.29. The number of hydrogen-bond acceptors (Lipinski definition) is 4. The molecule has 0 amide bonds. The van der Waals surface area contributed by atoms with Crippen molar-refractivity contribution < 1.29 is 4.42 Å². The van der Waals surface area contributed by atoms with Crippen LogP contribution in [0, 0.1) is 0 Å². The summed E-state index contributed by atoms with van der Waals surface area (Å²) in [6, 6.07) is 0.590. The Balaban J connectivity index is 2.07. The Morgan fingerprint density at radius 1 is 1.41 bits per heavy atom. The quantitative estimate of drug-likeness (QED) is 0.776. The van der Waals surface area contributed by atoms with Crippen molar-refractivity contribution in [3.63, 3.8) is 0 Å². The minimum absolute atomic E-state index is 0.590. The van der Waals surface area contributed by atoms with Crippen LogP contribution in [0.4, 0.5) is 0 Å². The lowest BCUT2D eigenvalue weighted by atomic mass is 10.4. The number of aryl methyl sites for hydroxylation is 1. The van der Waals surface area contributed by atoms with E-state index in [1.807, 2.05) is 10.8 Å². The van der Waals surface area contributed by atoms with Gasteiger partial charge in [0.1, 0.15) is 12.1 Å². The van der Waals surface area contributed by atoms with Crippen molar-refractivity contribution in [2.45, 2.75) is 33.2 Å². The first-order valence-corrected chi connectivity index (χ1v) is 6.02. The zero-order valence-corrected chi connectivity index (χ0v) is 10.3. The van der Waals surface area contributed by atoms with Gasteiger partial charge in [-0.05, 0) is 13.0 Å². The van der Waals surface area contributed by atoms with E-state index >= 15 is 0 Å². The molecule has 0 saturated carbocycles. The molecule has 2 aromatic rings. The SMILES string of the molecule is CCCNCc1coc(-n2ccnc2CC)n1. The van der Waals surface area contributed by atoms with Crippen LogP contribution in [-0.2, 0) is 13.0 Å². The van der Waals surface area contributed by atoms with Crippen LogP contribution in [0.3, 0.4) is 0 Å². The van der Waals surface area contributed by atoms with Gasteiger partial charge in [-0.1, -0.05) is 13.8 Å². The van der Waals surface area contributed by atoms with Crippen molar-refractivity contribution in [1.29, 1.82) is 0 Å². The van der Waals surface area contributed by atoms with Gasteiger partial charge in [-0.2, -0.15) is 4.98 Å². The molecule has 0 atom stereocenters. The summed E-state index contributed by atoms with van der Waals surface area (Å²) < 4.78 is 7.33. The van der Waals surface area contributed by atoms with Gasteiger partial charge in [-0.3, -0.25) is 4.57 Å². The van der Waals surface area contributed by atoms with Gasteiger partial charge in [0.05, 0.1) is 5.69 Å². The Bertz CT molecular complexity index is 461. The normalized spacial score (nSPS) is 10.9. The van der Waals surface area contributed by atoms with Gasteiger partial charge in [0.2, 0.25) is 0 Å². The smallest absolute Gasteiger partial charge is 0.307 e. The molecule has 92 valence electrons. The second-order valence-corrected chi connectivity index (χ2v) is 3.87. The van der Waals surface area contributed by atoms with Crippen LogP contribution in [0.5, 0.6) is 0 Å². The predicted octanol–water partition coefficient (Wildman–Crippen LogP) is 1.92. The summed E-state index contributed by atoms with van der Waals surface area (Å²) in [5.74, 6) is 0.958. The molecule has 0 bridgehead atoms. The number of nitrogens with one attached hydrogen (secondary N) is 1. The molecule has 5 nitrogen and oxygen atoms in total. The van der Waals surface area contributed by atoms with Crippen LogP contribution in [0.1, 0.15) is 31.8 Å². The fraction of sp³-hybridized carbons (Fsp3) is 0.500. The Hall–Kier alpha value is -1.62. The van der Waals surface area contributed by atoms with Crippen molar-refractivity contribution in [2.24, 2.45) is 0 Å². The number of imidazole rings is 1. The van der Waals surface area contributed by atoms with Gasteiger partial charge < -0.3 is 9.73 Å². The number of oxazole rings is 1. The van der Waals surface area contributed by atoms with Crippen LogP contribution in [0.2, 0.25) is 0 Å². The summed E-state index contributed by atoms with van der Waals surface area (Å²) in [4.78, 5) is 8.67. The van der Waals surface area contributed by atoms with E-state index in [-0.39, 0.29) is 0 Å². The molecule has 0 aliphatic carbocycles. The van der Waals surface area contributed by atoms with Crippen LogP contribution in [-0.4, -0.2) is 21.1 Å². The maximum atomic E-state index is 5.45. The Kier molecular flexibility index (Phi) is 3.93. The minimum Gasteiger partial charge on any atom is -0.431 e. The lowest BCUT2D eigenvalue weighted by Gasteiger charge is -1.99. The Morgan fingerprint density at radius 3 is 3.06 bits per heavy atom. The van der Waals surface area contributed by atoms with Crippen LogP contribution in [0.15, 0.2) is 23.1 Å². The zero-order chi connectivity index (χ0) is 12.1. The van der Waals surface area contributed by atoms with Gasteiger partial charge in [0.15, 0.2) is 0 Å². The van der Waals surface area contributed by atoms with Gasteiger partial charge in [-0.25, -0.2) is 4.98 Å². The predicted molar refractivity (Wildman–Crippen MR) is 65.0 cm³/mol. The summed E-state index contributed by atoms with van der Waals surface area (Å²) in [6.07, 6.45) is 7.30. The molecule has 2 rings (SSSR count). The standard InChI is InChI=1S/C12H18N4O/c1-3-5-13-8-10-9-17-12(15-10)16-7-6-14-11(16)4-2/h6-7,9,13H,3-5,8H2,1-2H3. The molecule has 5 heteroatoms. The number of hydrogen-bond donors (Lipinski definition) is 1. The summed E-state index contributed by atoms with van der Waals surface area (Å²) in [7, 11) is 0. The summed E-state index contributed by atoms with van der Waals surface area (Å²) in [6.45, 7) is 5.94. The summed E-state index contributed by atoms with van der Waals surface area (Å²) in [5.41, 5.74) is 0.921. The highest BCUT2D eigenvalue weighted by atomic mass is 16.4. The molecule has 2 aromatic heterocycles. The Morgan fingerprint density at radius 2 is 2.29 bits per heavy atom. The van der Waals surface area contributed by atoms with E-state index in [9.17, 15) is 0 Å². The molecular weight excluding hydrogens is 216 g/mol. The van der Waals surface area contributed by atoms with E-state index in [1.165, 1.54) is 0 Å². The fourth-order valence-electron chi connectivity index (χ4n) is 1.65. The molecule has 0 aliphatic rings. The molecule has 1 N–H and O–H groups in total. The van der Waals surface area contributed by atoms with E-state index in [2.05, 4.69) is 29.1 Å². The molecule has 0 aliphatic heterocycles. The average molecular weight is 234 g/mol. The highest BCUT2D eigenvalue weighted by Crippen LogP contribution is 2.10. The third-order valence-electron chi connectivity index (χ3n) is 2.51. The summed E-state index contributed by atoms with van der Waals surface area (Å²) >= 11 is 0. The number of nitrogens with zero attached hydrogens (tertiary/aromatic N) is 3. The van der Waals surface area contributed by atoms with Crippen molar-refractivity contribution in [3.05, 3.63) is 30.2 Å². The second kappa shape index (κ2) is 5.63. The molecular formula is C12H18N4O. The minimum atomic E-state index is 0.590. The molecule has 0 fully saturated rings. The van der Waals surface area contributed by atoms with Crippen molar-refractivity contribution in [3.8, 4) is 6.01 Å². The van der Waals surface area contributed by atoms with Crippen molar-refractivity contribution in [2.75, 3.05) is 6.54 Å². The van der Waals surface area contributed by atoms with Crippen LogP contribution >= 0.6 is 0 Å². The van der Waals surface area contributed by atoms with Crippen molar-refractivity contribution in [1.82, 2.24) is 19.9 Å². The first-order chi connectivity index (χ1) is 8.35. The maximum absolute atomic E-state index is 5.45. The monoisotopic (exact) mass is 234 g/mol. The lowest BCUT2D eigenvalue weighted by Crippen LogP contribution is -2.14. The molecule has 17 heavy (non-hydrogen) atoms. The average Bonchev–Trinajstić information content (AvgIpc) is 2.96. The maximum Gasteiger partial charge on any atom is 0.307 e. The topological polar surface area (TPSA) is 55.9 Å². The van der Waals surface area contributed by atoms with Crippen LogP contribution in [0.25, 0.3) is 6.01 Å². The van der Waals surface area contributed by atoms with E-state index in [1.54, 1.807) is 12.5 Å². The lowest BCUT2D eigenvalue weighted by molar-refractivity contribution is 0.519. The molecule has 0 radical (unpaired) electrons. The highest BCUT2D eigenvalue weighted by molar-refractivity contribution is 5.14. The second-order valence-electron chi connectivity index (χ2n) is 3.87. The Labute approximate surface area is 101 Å². The molecule has 0 aromatic carbocycles. The number of rotatable bonds is 6. The molecule has 0 spiro atoms. The van der Waals surface area contributed by atoms with E-state index < -0.39 is 0 Å². The highest BCUT2D eigenvalue weighted by Gasteiger charge is 2.09. The third kappa shape index (κ3) is 2.74. The zero-order valence-electron chi connectivity index (χ0n) is 10.3. The largest absolute Gasteiger partial charge is 0.431 e. The van der Waals surface area contributed by atoms with Crippen LogP contribution < -0.4 is 5.32 Å². The van der Waals surface area contributed by atoms with Crippen molar-refractivity contribution >= 4 is 0 Å². The number of aromatic nitrogens is 3. The fourth-order valence-corrected chi connectivity index (χ4v) is 1.65. The van der Waals surface area contributed by atoms with E-state index in [0.717, 1.165) is 37.4 Å². The van der Waals surface area contributed by atoms with E-state index in [4.69, 9.17) is 4.42 Å². The van der Waals surface area contributed by atoms with Gasteiger partial charge >= 0.3 is 6.01 Å². The van der Waals surface area contributed by atoms with Gasteiger partial charge in [0, 0.05) is 25.4 Å². The molecule has 2 heterocycles. The molecule has 0 unspecified atom stereocenters. The first-order valence-electron chi connectivity index (χ1n) is 6.02. The molecule has 0 saturated heterocycles. The first kappa shape index (κ1) is 11.9. The van der Waals surface area contributed by atoms with Gasteiger partial charge in [0.25, 0.3) is 0 Å². The van der Waals surface area contributed by atoms with E-state index in [0.29, 0.717) is 6.01 Å².